The van der Waals surface area contributed by atoms with E-state index in [2.05, 4.69) is 4.98 Å². The highest BCUT2D eigenvalue weighted by molar-refractivity contribution is 6.50. The molecular formula is C10H7BF4N2O. The molecule has 0 unspecified atom stereocenters. The van der Waals surface area contributed by atoms with Crippen LogP contribution in [0.25, 0.3) is 15.7 Å². The summed E-state index contributed by atoms with van der Waals surface area (Å²) in [6.07, 6.45) is 0. The molecule has 0 aliphatic carbocycles. The molecule has 0 atom stereocenters. The van der Waals surface area contributed by atoms with E-state index in [1.54, 1.807) is 30.3 Å². The van der Waals surface area contributed by atoms with Crippen molar-refractivity contribution >= 4 is 23.7 Å². The first kappa shape index (κ1) is 13.8. The average molecular weight is 258 g/mol. The standard InChI is InChI=1S/C10H6N2O.BF4/c11-12-10-3-1-2-7-6-8(13)4-5-9(7)10;2-1(3,4)5/h1-6H;/q;-1/p+1. The lowest BCUT2D eigenvalue weighted by molar-refractivity contribution is 0.368. The van der Waals surface area contributed by atoms with Gasteiger partial charge in [-0.2, -0.15) is 0 Å². The zero-order valence-corrected chi connectivity index (χ0v) is 8.89. The topological polar surface area (TPSA) is 48.4 Å². The molecular weight excluding hydrogens is 251 g/mol. The number of benzene rings is 2. The number of fused-ring (bicyclic) bond motifs is 1. The molecule has 0 heterocycles. The van der Waals surface area contributed by atoms with E-state index >= 15 is 0 Å². The van der Waals surface area contributed by atoms with Crippen LogP contribution in [0, 0.1) is 5.39 Å². The molecule has 0 saturated heterocycles. The molecule has 0 amide bonds. The quantitative estimate of drug-likeness (QED) is 0.434. The lowest BCUT2D eigenvalue weighted by atomic mass is 10.1. The van der Waals surface area contributed by atoms with Crippen molar-refractivity contribution in [3.8, 4) is 5.75 Å². The van der Waals surface area contributed by atoms with E-state index < -0.39 is 7.25 Å². The largest absolute Gasteiger partial charge is 0.673 e. The second kappa shape index (κ2) is 5.36. The summed E-state index contributed by atoms with van der Waals surface area (Å²) < 4.78 is 39.0. The molecule has 0 spiro atoms. The van der Waals surface area contributed by atoms with Crippen molar-refractivity contribution in [2.24, 2.45) is 0 Å². The highest BCUT2D eigenvalue weighted by Gasteiger charge is 2.20. The normalized spacial score (nSPS) is 10.4. The Morgan fingerprint density at radius 3 is 2.22 bits per heavy atom. The highest BCUT2D eigenvalue weighted by atomic mass is 19.5. The van der Waals surface area contributed by atoms with Gasteiger partial charge in [-0.15, -0.1) is 0 Å². The molecule has 0 aromatic heterocycles. The summed E-state index contributed by atoms with van der Waals surface area (Å²) in [7, 11) is -6.00. The maximum atomic E-state index is 9.75. The Labute approximate surface area is 99.4 Å². The monoisotopic (exact) mass is 258 g/mol. The van der Waals surface area contributed by atoms with Gasteiger partial charge in [0.25, 0.3) is 0 Å². The zero-order chi connectivity index (χ0) is 13.8. The first-order valence-corrected chi connectivity index (χ1v) is 4.75. The summed E-state index contributed by atoms with van der Waals surface area (Å²) in [5, 5.41) is 19.5. The van der Waals surface area contributed by atoms with Crippen LogP contribution in [-0.4, -0.2) is 12.4 Å². The Hall–Kier alpha value is -2.30. The second-order valence-electron chi connectivity index (χ2n) is 3.28. The van der Waals surface area contributed by atoms with Crippen LogP contribution in [-0.2, 0) is 0 Å². The Kier molecular flexibility index (Phi) is 4.10. The molecule has 8 heteroatoms. The second-order valence-corrected chi connectivity index (χ2v) is 3.28. The van der Waals surface area contributed by atoms with Gasteiger partial charge >= 0.3 is 12.9 Å². The Balaban J connectivity index is 0.000000280. The van der Waals surface area contributed by atoms with E-state index in [4.69, 9.17) is 5.39 Å². The Bertz CT molecular complexity index is 588. The van der Waals surface area contributed by atoms with Gasteiger partial charge in [-0.05, 0) is 23.6 Å². The number of hydrogen-bond acceptors (Lipinski definition) is 2. The van der Waals surface area contributed by atoms with Gasteiger partial charge in [0, 0.05) is 6.07 Å². The van der Waals surface area contributed by atoms with Gasteiger partial charge in [0.2, 0.25) is 5.39 Å². The molecule has 0 fully saturated rings. The van der Waals surface area contributed by atoms with Gasteiger partial charge in [0.1, 0.15) is 5.75 Å². The van der Waals surface area contributed by atoms with Crippen molar-refractivity contribution in [3.05, 3.63) is 41.4 Å². The molecule has 3 nitrogen and oxygen atoms in total. The first-order valence-electron chi connectivity index (χ1n) is 4.75. The smallest absolute Gasteiger partial charge is 0.508 e. The molecule has 2 rings (SSSR count). The lowest BCUT2D eigenvalue weighted by Gasteiger charge is -1.94. The van der Waals surface area contributed by atoms with Gasteiger partial charge in [-0.1, -0.05) is 12.1 Å². The molecule has 2 aromatic rings. The molecule has 0 aliphatic rings. The van der Waals surface area contributed by atoms with Gasteiger partial charge in [-0.25, -0.2) is 0 Å². The third-order valence-electron chi connectivity index (χ3n) is 1.95. The molecule has 0 bridgehead atoms. The fraction of sp³-hybridized carbons (Fsp3) is 0. The van der Waals surface area contributed by atoms with Crippen molar-refractivity contribution < 1.29 is 22.4 Å². The van der Waals surface area contributed by atoms with Crippen LogP contribution in [0.3, 0.4) is 0 Å². The summed E-state index contributed by atoms with van der Waals surface area (Å²) in [4.78, 5) is 3.15. The van der Waals surface area contributed by atoms with E-state index in [-0.39, 0.29) is 5.75 Å². The highest BCUT2D eigenvalue weighted by Crippen LogP contribution is 2.28. The van der Waals surface area contributed by atoms with E-state index in [1.165, 1.54) is 0 Å². The number of phenols is 1. The third kappa shape index (κ3) is 4.29. The van der Waals surface area contributed by atoms with Crippen molar-refractivity contribution in [1.82, 2.24) is 0 Å². The zero-order valence-electron chi connectivity index (χ0n) is 8.89. The van der Waals surface area contributed by atoms with Crippen molar-refractivity contribution in [3.63, 3.8) is 0 Å². The van der Waals surface area contributed by atoms with Gasteiger partial charge in [0.05, 0.1) is 5.39 Å². The fourth-order valence-corrected chi connectivity index (χ4v) is 1.34. The van der Waals surface area contributed by atoms with E-state index in [1.807, 2.05) is 6.07 Å². The number of rotatable bonds is 0. The number of halogens is 4. The number of phenolic OH excluding ortho intramolecular Hbond substituents is 1. The minimum absolute atomic E-state index is 0.211. The minimum atomic E-state index is -6.00. The molecule has 94 valence electrons. The summed E-state index contributed by atoms with van der Waals surface area (Å²) in [5.41, 5.74) is 0.512. The maximum Gasteiger partial charge on any atom is 0.673 e. The first-order chi connectivity index (χ1) is 8.31. The van der Waals surface area contributed by atoms with E-state index in [0.717, 1.165) is 10.8 Å². The minimum Gasteiger partial charge on any atom is -0.508 e. The van der Waals surface area contributed by atoms with Gasteiger partial charge in [0.15, 0.2) is 4.98 Å². The molecule has 2 aromatic carbocycles. The summed E-state index contributed by atoms with van der Waals surface area (Å²) in [5.74, 6) is 0.211. The van der Waals surface area contributed by atoms with Crippen LogP contribution >= 0.6 is 0 Å². The number of hydrogen-bond donors (Lipinski definition) is 1. The third-order valence-corrected chi connectivity index (χ3v) is 1.95. The molecule has 1 N–H and O–H groups in total. The lowest BCUT2D eigenvalue weighted by Crippen LogP contribution is -2.02. The summed E-state index contributed by atoms with van der Waals surface area (Å²) >= 11 is 0. The van der Waals surface area contributed by atoms with Crippen LogP contribution in [0.2, 0.25) is 0 Å². The number of nitrogens with zero attached hydrogens (tertiary/aromatic N) is 2. The van der Waals surface area contributed by atoms with Crippen molar-refractivity contribution in [2.75, 3.05) is 0 Å². The Morgan fingerprint density at radius 2 is 1.67 bits per heavy atom. The Morgan fingerprint density at radius 1 is 1.06 bits per heavy atom. The fourth-order valence-electron chi connectivity index (χ4n) is 1.34. The van der Waals surface area contributed by atoms with Crippen LogP contribution in [0.15, 0.2) is 36.4 Å². The molecule has 0 saturated carbocycles. The van der Waals surface area contributed by atoms with Crippen LogP contribution in [0.4, 0.5) is 23.0 Å². The number of aromatic hydroxyl groups is 1. The molecule has 18 heavy (non-hydrogen) atoms. The predicted octanol–water partition coefficient (Wildman–Crippen LogP) is 4.33. The van der Waals surface area contributed by atoms with E-state index in [9.17, 15) is 22.4 Å². The predicted molar refractivity (Wildman–Crippen MR) is 60.5 cm³/mol. The van der Waals surface area contributed by atoms with E-state index in [0.29, 0.717) is 5.69 Å². The van der Waals surface area contributed by atoms with Gasteiger partial charge < -0.3 is 22.4 Å². The van der Waals surface area contributed by atoms with Crippen LogP contribution < -0.4 is 0 Å². The molecule has 0 radical (unpaired) electrons. The summed E-state index contributed by atoms with van der Waals surface area (Å²) in [6, 6.07) is 10.3. The van der Waals surface area contributed by atoms with Crippen molar-refractivity contribution in [1.29, 1.82) is 5.39 Å². The maximum absolute atomic E-state index is 9.75. The van der Waals surface area contributed by atoms with Crippen molar-refractivity contribution in [2.45, 2.75) is 0 Å². The van der Waals surface area contributed by atoms with Gasteiger partial charge in [-0.3, -0.25) is 0 Å². The number of diazo groups is 1. The van der Waals surface area contributed by atoms with Crippen LogP contribution in [0.1, 0.15) is 0 Å². The van der Waals surface area contributed by atoms with Crippen LogP contribution in [0.5, 0.6) is 5.75 Å². The SMILES string of the molecule is F[B-](F)(F)F.N#[N+]c1cccc2cc(O)ccc12. The average Bonchev–Trinajstić information content (AvgIpc) is 2.25. The summed E-state index contributed by atoms with van der Waals surface area (Å²) in [6.45, 7) is 0. The molecule has 0 aliphatic heterocycles.